The largest absolute Gasteiger partial charge is 0.481 e. The minimum Gasteiger partial charge on any atom is -0.481 e. The second kappa shape index (κ2) is 6.58. The summed E-state index contributed by atoms with van der Waals surface area (Å²) in [6.45, 7) is 0.553. The highest BCUT2D eigenvalue weighted by atomic mass is 16.4. The highest BCUT2D eigenvalue weighted by Gasteiger charge is 2.16. The van der Waals surface area contributed by atoms with Crippen LogP contribution in [-0.2, 0) is 11.3 Å². The second-order valence-electron chi connectivity index (χ2n) is 5.71. The molecule has 2 aromatic carbocycles. The molecule has 0 spiro atoms. The molecule has 0 aliphatic carbocycles. The highest BCUT2D eigenvalue weighted by molar-refractivity contribution is 6.16. The zero-order valence-corrected chi connectivity index (χ0v) is 13.1. The Hall–Kier alpha value is -3.08. The van der Waals surface area contributed by atoms with Crippen molar-refractivity contribution in [2.45, 2.75) is 19.4 Å². The molecular weight excluding hydrogens is 304 g/mol. The first-order valence-electron chi connectivity index (χ1n) is 7.76. The average Bonchev–Trinajstić information content (AvgIpc) is 2.93. The summed E-state index contributed by atoms with van der Waals surface area (Å²) in [5, 5.41) is 9.66. The van der Waals surface area contributed by atoms with Gasteiger partial charge in [-0.15, -0.1) is 0 Å². The summed E-state index contributed by atoms with van der Waals surface area (Å²) in [6.07, 6.45) is 2.42. The number of nitrogens with zero attached hydrogens (tertiary/aromatic N) is 1. The average molecular weight is 322 g/mol. The van der Waals surface area contributed by atoms with Gasteiger partial charge >= 0.3 is 5.97 Å². The molecule has 3 aromatic rings. The molecule has 0 aliphatic rings. The second-order valence-corrected chi connectivity index (χ2v) is 5.71. The van der Waals surface area contributed by atoms with Gasteiger partial charge in [0.1, 0.15) is 0 Å². The van der Waals surface area contributed by atoms with Gasteiger partial charge in [0, 0.05) is 46.9 Å². The molecule has 1 heterocycles. The van der Waals surface area contributed by atoms with Crippen molar-refractivity contribution in [2.75, 3.05) is 5.73 Å². The van der Waals surface area contributed by atoms with E-state index in [1.807, 2.05) is 28.8 Å². The molecular formula is C19H18N2O3. The van der Waals surface area contributed by atoms with Crippen LogP contribution in [-0.4, -0.2) is 21.4 Å². The molecule has 5 heteroatoms. The number of carboxylic acid groups (broad SMARTS) is 1. The monoisotopic (exact) mass is 322 g/mol. The molecule has 0 amide bonds. The number of rotatable bonds is 6. The third kappa shape index (κ3) is 3.15. The van der Waals surface area contributed by atoms with Crippen LogP contribution in [0.3, 0.4) is 0 Å². The molecule has 0 bridgehead atoms. The fourth-order valence-corrected chi connectivity index (χ4v) is 2.85. The van der Waals surface area contributed by atoms with E-state index < -0.39 is 5.97 Å². The van der Waals surface area contributed by atoms with E-state index in [0.717, 1.165) is 10.9 Å². The van der Waals surface area contributed by atoms with Crippen molar-refractivity contribution in [2.24, 2.45) is 0 Å². The van der Waals surface area contributed by atoms with Crippen LogP contribution in [0.2, 0.25) is 0 Å². The first kappa shape index (κ1) is 15.8. The molecule has 0 atom stereocenters. The zero-order valence-electron chi connectivity index (χ0n) is 13.1. The van der Waals surface area contributed by atoms with Crippen molar-refractivity contribution in [3.63, 3.8) is 0 Å². The first-order valence-corrected chi connectivity index (χ1v) is 7.76. The van der Waals surface area contributed by atoms with Crippen molar-refractivity contribution in [1.82, 2.24) is 4.57 Å². The van der Waals surface area contributed by atoms with Gasteiger partial charge in [-0.05, 0) is 24.6 Å². The Balaban J connectivity index is 1.99. The molecule has 5 nitrogen and oxygen atoms in total. The number of aliphatic carboxylic acids is 1. The number of carboxylic acids is 1. The van der Waals surface area contributed by atoms with E-state index in [4.69, 9.17) is 10.8 Å². The van der Waals surface area contributed by atoms with Crippen molar-refractivity contribution in [3.05, 3.63) is 65.9 Å². The van der Waals surface area contributed by atoms with Gasteiger partial charge in [-0.3, -0.25) is 9.59 Å². The Bertz CT molecular complexity index is 912. The summed E-state index contributed by atoms with van der Waals surface area (Å²) in [4.78, 5) is 23.6. The van der Waals surface area contributed by atoms with Crippen molar-refractivity contribution in [1.29, 1.82) is 0 Å². The summed E-state index contributed by atoms with van der Waals surface area (Å²) in [7, 11) is 0. The summed E-state index contributed by atoms with van der Waals surface area (Å²) in [6, 6.07) is 14.5. The number of anilines is 1. The SMILES string of the molecule is Nc1cccc(C(=O)c2cn(CCCC(=O)O)c3ccccc23)c1. The maximum absolute atomic E-state index is 12.8. The third-order valence-corrected chi connectivity index (χ3v) is 3.97. The van der Waals surface area contributed by atoms with Crippen LogP contribution in [0.25, 0.3) is 10.9 Å². The standard InChI is InChI=1S/C19H18N2O3/c20-14-6-3-5-13(11-14)19(24)16-12-21(10-4-9-18(22)23)17-8-2-1-7-15(16)17/h1-3,5-8,11-12H,4,9-10,20H2,(H,22,23). The number of nitrogens with two attached hydrogens (primary N) is 1. The van der Waals surface area contributed by atoms with Crippen molar-refractivity contribution >= 4 is 28.3 Å². The molecule has 3 rings (SSSR count). The highest BCUT2D eigenvalue weighted by Crippen LogP contribution is 2.25. The maximum atomic E-state index is 12.8. The minimum atomic E-state index is -0.817. The Kier molecular flexibility index (Phi) is 4.33. The Morgan fingerprint density at radius 1 is 1.08 bits per heavy atom. The number of hydrogen-bond donors (Lipinski definition) is 2. The Labute approximate surface area is 139 Å². The molecule has 3 N–H and O–H groups in total. The summed E-state index contributed by atoms with van der Waals surface area (Å²) < 4.78 is 1.94. The van der Waals surface area contributed by atoms with Crippen LogP contribution in [0.1, 0.15) is 28.8 Å². The molecule has 0 aliphatic heterocycles. The van der Waals surface area contributed by atoms with E-state index in [1.165, 1.54) is 0 Å². The lowest BCUT2D eigenvalue weighted by atomic mass is 10.0. The van der Waals surface area contributed by atoms with E-state index >= 15 is 0 Å². The van der Waals surface area contributed by atoms with E-state index in [1.54, 1.807) is 30.5 Å². The molecule has 0 saturated carbocycles. The number of ketones is 1. The summed E-state index contributed by atoms with van der Waals surface area (Å²) in [5.74, 6) is -0.905. The predicted octanol–water partition coefficient (Wildman–Crippen LogP) is 3.32. The maximum Gasteiger partial charge on any atom is 0.303 e. The number of fused-ring (bicyclic) bond motifs is 1. The number of nitrogen functional groups attached to an aromatic ring is 1. The summed E-state index contributed by atoms with van der Waals surface area (Å²) in [5.41, 5.74) is 8.39. The number of hydrogen-bond acceptors (Lipinski definition) is 3. The van der Waals surface area contributed by atoms with Crippen LogP contribution in [0.5, 0.6) is 0 Å². The topological polar surface area (TPSA) is 85.3 Å². The van der Waals surface area contributed by atoms with Crippen LogP contribution in [0.15, 0.2) is 54.7 Å². The van der Waals surface area contributed by atoms with Gasteiger partial charge in [0.05, 0.1) is 0 Å². The molecule has 0 radical (unpaired) electrons. The van der Waals surface area contributed by atoms with E-state index in [0.29, 0.717) is 29.8 Å². The van der Waals surface area contributed by atoms with Crippen LogP contribution in [0, 0.1) is 0 Å². The normalized spacial score (nSPS) is 10.8. The molecule has 0 saturated heterocycles. The number of carbonyl (C=O) groups is 2. The molecule has 24 heavy (non-hydrogen) atoms. The van der Waals surface area contributed by atoms with Gasteiger partial charge in [-0.2, -0.15) is 0 Å². The number of aryl methyl sites for hydroxylation is 1. The van der Waals surface area contributed by atoms with Gasteiger partial charge < -0.3 is 15.4 Å². The lowest BCUT2D eigenvalue weighted by Crippen LogP contribution is -2.03. The van der Waals surface area contributed by atoms with Gasteiger partial charge in [-0.25, -0.2) is 0 Å². The number of benzene rings is 2. The van der Waals surface area contributed by atoms with Gasteiger partial charge in [0.2, 0.25) is 0 Å². The fraction of sp³-hybridized carbons (Fsp3) is 0.158. The lowest BCUT2D eigenvalue weighted by molar-refractivity contribution is -0.137. The summed E-state index contributed by atoms with van der Waals surface area (Å²) >= 11 is 0. The number of aromatic nitrogens is 1. The van der Waals surface area contributed by atoms with Crippen LogP contribution < -0.4 is 5.73 Å². The van der Waals surface area contributed by atoms with Crippen molar-refractivity contribution < 1.29 is 14.7 Å². The minimum absolute atomic E-state index is 0.0875. The molecule has 122 valence electrons. The number of para-hydroxylation sites is 1. The van der Waals surface area contributed by atoms with E-state index in [2.05, 4.69) is 0 Å². The third-order valence-electron chi connectivity index (χ3n) is 3.97. The van der Waals surface area contributed by atoms with Crippen LogP contribution >= 0.6 is 0 Å². The Morgan fingerprint density at radius 2 is 1.88 bits per heavy atom. The van der Waals surface area contributed by atoms with E-state index in [9.17, 15) is 9.59 Å². The smallest absolute Gasteiger partial charge is 0.303 e. The number of carbonyl (C=O) groups excluding carboxylic acids is 1. The van der Waals surface area contributed by atoms with Gasteiger partial charge in [0.15, 0.2) is 5.78 Å². The molecule has 0 fully saturated rings. The van der Waals surface area contributed by atoms with E-state index in [-0.39, 0.29) is 12.2 Å². The predicted molar refractivity (Wildman–Crippen MR) is 93.1 cm³/mol. The van der Waals surface area contributed by atoms with Crippen LogP contribution in [0.4, 0.5) is 5.69 Å². The van der Waals surface area contributed by atoms with Gasteiger partial charge in [0.25, 0.3) is 0 Å². The zero-order chi connectivity index (χ0) is 17.1. The molecule has 0 unspecified atom stereocenters. The lowest BCUT2D eigenvalue weighted by Gasteiger charge is -2.03. The fourth-order valence-electron chi connectivity index (χ4n) is 2.85. The first-order chi connectivity index (χ1) is 11.6. The quantitative estimate of drug-likeness (QED) is 0.538. The molecule has 1 aromatic heterocycles. The van der Waals surface area contributed by atoms with Crippen molar-refractivity contribution in [3.8, 4) is 0 Å². The Morgan fingerprint density at radius 3 is 2.62 bits per heavy atom. The van der Waals surface area contributed by atoms with Gasteiger partial charge in [-0.1, -0.05) is 30.3 Å².